The Balaban J connectivity index is 2.02. The van der Waals surface area contributed by atoms with Gasteiger partial charge in [-0.15, -0.1) is 0 Å². The number of carbonyl (C=O) groups is 1. The number of likely N-dealkylation sites (tertiary alicyclic amines) is 1. The Morgan fingerprint density at radius 1 is 1.52 bits per heavy atom. The van der Waals surface area contributed by atoms with Gasteiger partial charge in [0.2, 0.25) is 0 Å². The Bertz CT molecular complexity index is 588. The van der Waals surface area contributed by atoms with E-state index in [4.69, 9.17) is 4.74 Å². The number of nitro groups is 1. The molecule has 0 aliphatic carbocycles. The van der Waals surface area contributed by atoms with Crippen molar-refractivity contribution in [3.63, 3.8) is 0 Å². The van der Waals surface area contributed by atoms with Crippen LogP contribution in [-0.4, -0.2) is 44.8 Å². The van der Waals surface area contributed by atoms with Gasteiger partial charge in [0.25, 0.3) is 0 Å². The van der Waals surface area contributed by atoms with Crippen LogP contribution in [0.1, 0.15) is 33.6 Å². The van der Waals surface area contributed by atoms with Gasteiger partial charge in [0.1, 0.15) is 5.60 Å². The first-order valence-corrected chi connectivity index (χ1v) is 8.38. The van der Waals surface area contributed by atoms with Gasteiger partial charge in [0, 0.05) is 30.6 Å². The number of hydrogen-bond donors (Lipinski definition) is 0. The van der Waals surface area contributed by atoms with Gasteiger partial charge in [0.15, 0.2) is 5.03 Å². The predicted molar refractivity (Wildman–Crippen MR) is 87.6 cm³/mol. The fraction of sp³-hybridized carbons (Fsp3) is 0.600. The summed E-state index contributed by atoms with van der Waals surface area (Å²) in [6.45, 7) is 6.65. The summed E-state index contributed by atoms with van der Waals surface area (Å²) < 4.78 is 5.39. The smallest absolute Gasteiger partial charge is 0.410 e. The van der Waals surface area contributed by atoms with Crippen LogP contribution in [0.15, 0.2) is 23.4 Å². The van der Waals surface area contributed by atoms with Crippen molar-refractivity contribution in [2.24, 2.45) is 0 Å². The second kappa shape index (κ2) is 7.16. The minimum atomic E-state index is -0.531. The maximum Gasteiger partial charge on any atom is 0.410 e. The van der Waals surface area contributed by atoms with Gasteiger partial charge in [0.05, 0.1) is 4.92 Å². The summed E-state index contributed by atoms with van der Waals surface area (Å²) in [5.74, 6) is 0. The third kappa shape index (κ3) is 5.09. The van der Waals surface area contributed by atoms with E-state index in [1.54, 1.807) is 17.2 Å². The highest BCUT2D eigenvalue weighted by Crippen LogP contribution is 2.33. The Labute approximate surface area is 139 Å². The van der Waals surface area contributed by atoms with Crippen LogP contribution in [-0.2, 0) is 4.74 Å². The highest BCUT2D eigenvalue weighted by molar-refractivity contribution is 8.00. The van der Waals surface area contributed by atoms with Crippen LogP contribution < -0.4 is 0 Å². The maximum atomic E-state index is 12.2. The molecule has 126 valence electrons. The van der Waals surface area contributed by atoms with E-state index < -0.39 is 10.5 Å². The standard InChI is InChI=1S/C15H21N3O4S/c1-15(2,3)22-14(19)17-9-5-6-11(10-17)23-13-12(18(20)21)7-4-8-16-13/h4,7-8,11H,5-6,9-10H2,1-3H3/t11-/m1/s1. The third-order valence-corrected chi connectivity index (χ3v) is 4.51. The van der Waals surface area contributed by atoms with Gasteiger partial charge in [-0.3, -0.25) is 10.1 Å². The van der Waals surface area contributed by atoms with E-state index in [1.165, 1.54) is 17.8 Å². The van der Waals surface area contributed by atoms with Gasteiger partial charge in [-0.05, 0) is 39.7 Å². The fourth-order valence-electron chi connectivity index (χ4n) is 2.30. The van der Waals surface area contributed by atoms with E-state index in [9.17, 15) is 14.9 Å². The third-order valence-electron chi connectivity index (χ3n) is 3.26. The number of pyridine rings is 1. The van der Waals surface area contributed by atoms with Gasteiger partial charge in [-0.2, -0.15) is 0 Å². The molecule has 0 saturated carbocycles. The second-order valence-corrected chi connectivity index (χ2v) is 7.68. The molecule has 2 heterocycles. The van der Waals surface area contributed by atoms with E-state index in [1.807, 2.05) is 20.8 Å². The van der Waals surface area contributed by atoms with E-state index in [0.717, 1.165) is 12.8 Å². The monoisotopic (exact) mass is 339 g/mol. The molecule has 0 radical (unpaired) electrons. The molecule has 2 rings (SSSR count). The molecule has 1 atom stereocenters. The summed E-state index contributed by atoms with van der Waals surface area (Å²) in [5, 5.41) is 11.5. The second-order valence-electron chi connectivity index (χ2n) is 6.39. The highest BCUT2D eigenvalue weighted by Gasteiger charge is 2.29. The summed E-state index contributed by atoms with van der Waals surface area (Å²) in [6, 6.07) is 3.00. The van der Waals surface area contributed by atoms with Gasteiger partial charge >= 0.3 is 11.8 Å². The van der Waals surface area contributed by atoms with Crippen LogP contribution >= 0.6 is 11.8 Å². The number of carbonyl (C=O) groups excluding carboxylic acids is 1. The number of hydrogen-bond acceptors (Lipinski definition) is 6. The first-order valence-electron chi connectivity index (χ1n) is 7.50. The SMILES string of the molecule is CC(C)(C)OC(=O)N1CCC[C@@H](Sc2ncccc2[N+](=O)[O-])C1. The Hall–Kier alpha value is -1.83. The van der Waals surface area contributed by atoms with Crippen molar-refractivity contribution >= 4 is 23.5 Å². The van der Waals surface area contributed by atoms with Crippen LogP contribution in [0.3, 0.4) is 0 Å². The predicted octanol–water partition coefficient (Wildman–Crippen LogP) is 3.48. The van der Waals surface area contributed by atoms with E-state index in [-0.39, 0.29) is 17.0 Å². The number of ether oxygens (including phenoxy) is 1. The molecule has 1 amide bonds. The van der Waals surface area contributed by atoms with Gasteiger partial charge in [-0.1, -0.05) is 11.8 Å². The average Bonchev–Trinajstić information content (AvgIpc) is 2.46. The lowest BCUT2D eigenvalue weighted by Gasteiger charge is -2.33. The minimum Gasteiger partial charge on any atom is -0.444 e. The Morgan fingerprint density at radius 2 is 2.26 bits per heavy atom. The number of aromatic nitrogens is 1. The largest absolute Gasteiger partial charge is 0.444 e. The Kier molecular flexibility index (Phi) is 5.46. The molecule has 1 aliphatic rings. The molecule has 1 aliphatic heterocycles. The summed E-state index contributed by atoms with van der Waals surface area (Å²) in [4.78, 5) is 28.6. The summed E-state index contributed by atoms with van der Waals surface area (Å²) in [5.41, 5.74) is -0.524. The molecule has 1 aromatic heterocycles. The summed E-state index contributed by atoms with van der Waals surface area (Å²) in [6.07, 6.45) is 2.94. The first-order chi connectivity index (χ1) is 10.8. The highest BCUT2D eigenvalue weighted by atomic mass is 32.2. The normalized spacial score (nSPS) is 18.6. The van der Waals surface area contributed by atoms with Crippen LogP contribution in [0.2, 0.25) is 0 Å². The maximum absolute atomic E-state index is 12.2. The molecule has 8 heteroatoms. The van der Waals surface area contributed by atoms with Crippen molar-refractivity contribution in [1.29, 1.82) is 0 Å². The molecule has 1 saturated heterocycles. The van der Waals surface area contributed by atoms with E-state index in [0.29, 0.717) is 18.1 Å². The molecule has 7 nitrogen and oxygen atoms in total. The first kappa shape index (κ1) is 17.5. The minimum absolute atomic E-state index is 0.00638. The van der Waals surface area contributed by atoms with Gasteiger partial charge in [-0.25, -0.2) is 9.78 Å². The molecular formula is C15H21N3O4S. The summed E-state index contributed by atoms with van der Waals surface area (Å²) in [7, 11) is 0. The molecule has 0 aromatic carbocycles. The lowest BCUT2D eigenvalue weighted by atomic mass is 10.1. The van der Waals surface area contributed by atoms with E-state index >= 15 is 0 Å². The molecule has 0 spiro atoms. The lowest BCUT2D eigenvalue weighted by molar-refractivity contribution is -0.388. The fourth-order valence-corrected chi connectivity index (χ4v) is 3.54. The number of piperidine rings is 1. The van der Waals surface area contributed by atoms with E-state index in [2.05, 4.69) is 4.98 Å². The topological polar surface area (TPSA) is 85.6 Å². The number of thioether (sulfide) groups is 1. The molecule has 1 fully saturated rings. The van der Waals surface area contributed by atoms with Crippen molar-refractivity contribution < 1.29 is 14.5 Å². The quantitative estimate of drug-likeness (QED) is 0.619. The van der Waals surface area contributed by atoms with Crippen LogP contribution in [0.4, 0.5) is 10.5 Å². The average molecular weight is 339 g/mol. The van der Waals surface area contributed by atoms with Crippen molar-refractivity contribution in [3.8, 4) is 0 Å². The zero-order valence-corrected chi connectivity index (χ0v) is 14.3. The number of rotatable bonds is 3. The van der Waals surface area contributed by atoms with Crippen molar-refractivity contribution in [2.75, 3.05) is 13.1 Å². The molecular weight excluding hydrogens is 318 g/mol. The number of amides is 1. The van der Waals surface area contributed by atoms with Crippen LogP contribution in [0, 0.1) is 10.1 Å². The van der Waals surface area contributed by atoms with Crippen LogP contribution in [0.25, 0.3) is 0 Å². The van der Waals surface area contributed by atoms with Crippen molar-refractivity contribution in [3.05, 3.63) is 28.4 Å². The zero-order valence-electron chi connectivity index (χ0n) is 13.5. The number of nitrogens with zero attached hydrogens (tertiary/aromatic N) is 3. The zero-order chi connectivity index (χ0) is 17.0. The lowest BCUT2D eigenvalue weighted by Crippen LogP contribution is -2.43. The molecule has 0 N–H and O–H groups in total. The molecule has 1 aromatic rings. The summed E-state index contributed by atoms with van der Waals surface area (Å²) >= 11 is 1.36. The molecule has 23 heavy (non-hydrogen) atoms. The van der Waals surface area contributed by atoms with Crippen molar-refractivity contribution in [1.82, 2.24) is 9.88 Å². The molecule has 0 unspecified atom stereocenters. The van der Waals surface area contributed by atoms with Gasteiger partial charge < -0.3 is 9.64 Å². The molecule has 0 bridgehead atoms. The van der Waals surface area contributed by atoms with Crippen LogP contribution in [0.5, 0.6) is 0 Å². The van der Waals surface area contributed by atoms with Crippen molar-refractivity contribution in [2.45, 2.75) is 49.5 Å². The Morgan fingerprint density at radius 3 is 2.91 bits per heavy atom.